The van der Waals surface area contributed by atoms with Crippen LogP contribution in [0.2, 0.25) is 0 Å². The second-order valence-corrected chi connectivity index (χ2v) is 6.35. The largest absolute Gasteiger partial charge is 0.805 e. The van der Waals surface area contributed by atoms with E-state index in [0.29, 0.717) is 42.2 Å². The molecule has 128 valence electrons. The summed E-state index contributed by atoms with van der Waals surface area (Å²) in [5.74, 6) is 0.778. The molecule has 1 aromatic carbocycles. The third kappa shape index (κ3) is 3.03. The Morgan fingerprint density at radius 3 is 2.58 bits per heavy atom. The Balaban J connectivity index is 2.06. The van der Waals surface area contributed by atoms with Gasteiger partial charge in [-0.3, -0.25) is 0 Å². The predicted molar refractivity (Wildman–Crippen MR) is 93.8 cm³/mol. The number of aromatic nitrogens is 2. The van der Waals surface area contributed by atoms with Gasteiger partial charge in [0.25, 0.3) is 11.4 Å². The summed E-state index contributed by atoms with van der Waals surface area (Å²) in [6.45, 7) is 4.45. The number of rotatable bonds is 4. The maximum absolute atomic E-state index is 12.9. The molecule has 0 unspecified atom stereocenters. The molecule has 1 aliphatic carbocycles. The third-order valence-electron chi connectivity index (χ3n) is 4.60. The topological polar surface area (TPSA) is 60.2 Å². The lowest BCUT2D eigenvalue weighted by Gasteiger charge is -2.20. The van der Waals surface area contributed by atoms with E-state index in [1.165, 1.54) is 0 Å². The number of fused-ring (bicyclic) bond motifs is 1. The highest BCUT2D eigenvalue weighted by Crippen LogP contribution is 2.26. The average molecular weight is 328 g/mol. The van der Waals surface area contributed by atoms with Gasteiger partial charge in [-0.05, 0) is 56.9 Å². The molecule has 1 aliphatic rings. The van der Waals surface area contributed by atoms with E-state index in [4.69, 9.17) is 4.74 Å². The number of hydrogen-bond donors (Lipinski definition) is 0. The van der Waals surface area contributed by atoms with Gasteiger partial charge in [0.15, 0.2) is 0 Å². The lowest BCUT2D eigenvalue weighted by Crippen LogP contribution is -2.30. The van der Waals surface area contributed by atoms with Crippen molar-refractivity contribution in [3.05, 3.63) is 51.5 Å². The molecule has 0 N–H and O–H groups in total. The molecule has 0 radical (unpaired) electrons. The third-order valence-corrected chi connectivity index (χ3v) is 4.60. The van der Waals surface area contributed by atoms with Gasteiger partial charge in [-0.2, -0.15) is 0 Å². The SMILES string of the molecule is CCCOc1ccc(-c2c(C)n([O-])c3c([n+]2=O)CCCCC3)cc1. The fourth-order valence-corrected chi connectivity index (χ4v) is 3.32. The average Bonchev–Trinajstić information content (AvgIpc) is 2.85. The minimum absolute atomic E-state index is 0.452. The van der Waals surface area contributed by atoms with E-state index in [0.717, 1.165) is 46.2 Å². The maximum Gasteiger partial charge on any atom is 0.289 e. The Labute approximate surface area is 142 Å². The number of nitrogens with zero attached hydrogens (tertiary/aromatic N) is 2. The molecule has 5 nitrogen and oxygen atoms in total. The number of benzene rings is 1. The van der Waals surface area contributed by atoms with Crippen molar-refractivity contribution in [2.45, 2.75) is 52.4 Å². The van der Waals surface area contributed by atoms with Crippen LogP contribution in [0.3, 0.4) is 0 Å². The van der Waals surface area contributed by atoms with Gasteiger partial charge in [0.2, 0.25) is 0 Å². The number of ether oxygens (including phenoxy) is 1. The van der Waals surface area contributed by atoms with Crippen molar-refractivity contribution in [2.75, 3.05) is 6.61 Å². The first-order chi connectivity index (χ1) is 11.6. The Bertz CT molecular complexity index is 779. The van der Waals surface area contributed by atoms with E-state index in [1.807, 2.05) is 24.3 Å². The second-order valence-electron chi connectivity index (χ2n) is 6.35. The summed E-state index contributed by atoms with van der Waals surface area (Å²) in [7, 11) is 0. The first-order valence-corrected chi connectivity index (χ1v) is 8.74. The standard InChI is InChI=1S/C19H24N2O3/c1-3-13-24-16-11-9-15(10-12-16)19-14(2)20(22)17-7-5-4-6-8-18(17)21(19)23/h9-12H,3-8,13H2,1-2H3. The molecule has 0 aliphatic heterocycles. The van der Waals surface area contributed by atoms with Crippen molar-refractivity contribution in [1.29, 1.82) is 0 Å². The summed E-state index contributed by atoms with van der Waals surface area (Å²) < 4.78 is 7.53. The van der Waals surface area contributed by atoms with Crippen molar-refractivity contribution in [3.8, 4) is 17.0 Å². The fraction of sp³-hybridized carbons (Fsp3) is 0.474. The predicted octanol–water partition coefficient (Wildman–Crippen LogP) is 3.78. The lowest BCUT2D eigenvalue weighted by atomic mass is 10.1. The lowest BCUT2D eigenvalue weighted by molar-refractivity contribution is -0.494. The van der Waals surface area contributed by atoms with Crippen LogP contribution < -0.4 is 9.16 Å². The Hall–Kier alpha value is -2.30. The summed E-state index contributed by atoms with van der Waals surface area (Å²) in [5, 5.41) is 12.7. The fourth-order valence-electron chi connectivity index (χ4n) is 3.32. The van der Waals surface area contributed by atoms with E-state index < -0.39 is 0 Å². The Kier molecular flexibility index (Phi) is 4.88. The van der Waals surface area contributed by atoms with E-state index in [1.54, 1.807) is 6.92 Å². The van der Waals surface area contributed by atoms with Crippen LogP contribution in [0.1, 0.15) is 49.7 Å². The quantitative estimate of drug-likeness (QED) is 0.634. The van der Waals surface area contributed by atoms with Crippen molar-refractivity contribution < 1.29 is 9.16 Å². The van der Waals surface area contributed by atoms with Crippen LogP contribution in [-0.4, -0.2) is 11.3 Å². The van der Waals surface area contributed by atoms with Gasteiger partial charge in [-0.25, -0.2) is 0 Å². The van der Waals surface area contributed by atoms with Crippen LogP contribution in [0.25, 0.3) is 11.3 Å². The summed E-state index contributed by atoms with van der Waals surface area (Å²) >= 11 is 0. The molecule has 0 bridgehead atoms. The maximum atomic E-state index is 12.9. The van der Waals surface area contributed by atoms with E-state index >= 15 is 0 Å². The molecule has 2 aromatic rings. The highest BCUT2D eigenvalue weighted by molar-refractivity contribution is 5.60. The highest BCUT2D eigenvalue weighted by Gasteiger charge is 2.27. The van der Waals surface area contributed by atoms with Gasteiger partial charge in [0.05, 0.1) is 28.0 Å². The van der Waals surface area contributed by atoms with Crippen LogP contribution in [-0.2, 0) is 12.8 Å². The zero-order valence-corrected chi connectivity index (χ0v) is 14.4. The van der Waals surface area contributed by atoms with Crippen LogP contribution in [0, 0.1) is 17.0 Å². The van der Waals surface area contributed by atoms with E-state index in [-0.39, 0.29) is 0 Å². The molecule has 5 heteroatoms. The van der Waals surface area contributed by atoms with Crippen molar-refractivity contribution in [2.24, 2.45) is 0 Å². The molecule has 0 spiro atoms. The monoisotopic (exact) mass is 328 g/mol. The molecular weight excluding hydrogens is 304 g/mol. The number of hydrogen-bond acceptors (Lipinski definition) is 3. The van der Waals surface area contributed by atoms with Gasteiger partial charge in [-0.1, -0.05) is 13.3 Å². The van der Waals surface area contributed by atoms with Crippen LogP contribution >= 0.6 is 0 Å². The minimum atomic E-state index is 0.452. The molecule has 3 rings (SSSR count). The van der Waals surface area contributed by atoms with Crippen molar-refractivity contribution in [3.63, 3.8) is 0 Å². The van der Waals surface area contributed by atoms with Crippen LogP contribution in [0.4, 0.5) is 0 Å². The zero-order chi connectivity index (χ0) is 17.1. The van der Waals surface area contributed by atoms with Crippen LogP contribution in [0.15, 0.2) is 24.3 Å². The van der Waals surface area contributed by atoms with Gasteiger partial charge in [0, 0.05) is 11.3 Å². The highest BCUT2D eigenvalue weighted by atomic mass is 16.5. The summed E-state index contributed by atoms with van der Waals surface area (Å²) in [4.78, 5) is 12.9. The molecule has 0 amide bonds. The molecule has 1 heterocycles. The van der Waals surface area contributed by atoms with Crippen molar-refractivity contribution >= 4 is 0 Å². The first kappa shape index (κ1) is 16.6. The molecule has 0 saturated carbocycles. The normalized spacial score (nSPS) is 14.1. The summed E-state index contributed by atoms with van der Waals surface area (Å²) in [6, 6.07) is 7.41. The molecule has 0 fully saturated rings. The van der Waals surface area contributed by atoms with Gasteiger partial charge < -0.3 is 14.7 Å². The second kappa shape index (κ2) is 7.07. The summed E-state index contributed by atoms with van der Waals surface area (Å²) in [5.41, 5.74) is 2.95. The first-order valence-electron chi connectivity index (χ1n) is 8.74. The molecule has 24 heavy (non-hydrogen) atoms. The van der Waals surface area contributed by atoms with Crippen molar-refractivity contribution in [1.82, 2.24) is 4.73 Å². The molecule has 1 aromatic heterocycles. The molecule has 0 atom stereocenters. The van der Waals surface area contributed by atoms with E-state index in [2.05, 4.69) is 6.92 Å². The Morgan fingerprint density at radius 1 is 1.17 bits per heavy atom. The van der Waals surface area contributed by atoms with Gasteiger partial charge in [0.1, 0.15) is 5.75 Å². The zero-order valence-electron chi connectivity index (χ0n) is 14.4. The molecule has 0 saturated heterocycles. The Morgan fingerprint density at radius 2 is 1.88 bits per heavy atom. The molecular formula is C19H24N2O3. The minimum Gasteiger partial charge on any atom is -0.805 e. The smallest absolute Gasteiger partial charge is 0.289 e. The van der Waals surface area contributed by atoms with Gasteiger partial charge in [-0.15, -0.1) is 0 Å². The summed E-state index contributed by atoms with van der Waals surface area (Å²) in [6.07, 6.45) is 5.30. The van der Waals surface area contributed by atoms with E-state index in [9.17, 15) is 10.1 Å². The van der Waals surface area contributed by atoms with Crippen LogP contribution in [0.5, 0.6) is 5.75 Å². The van der Waals surface area contributed by atoms with Gasteiger partial charge >= 0.3 is 0 Å².